The van der Waals surface area contributed by atoms with Crippen LogP contribution in [0.25, 0.3) is 99.6 Å². The number of nitrogens with zero attached hydrogens (tertiary/aromatic N) is 4. The van der Waals surface area contributed by atoms with Gasteiger partial charge in [-0.05, 0) is 84.9 Å². The molecule has 2 heterocycles. The average Bonchev–Trinajstić information content (AvgIpc) is 3.23. The van der Waals surface area contributed by atoms with Gasteiger partial charge in [-0.1, -0.05) is 146 Å². The number of fused-ring (bicyclic) bond motifs is 6. The van der Waals surface area contributed by atoms with Gasteiger partial charge in [-0.2, -0.15) is 0 Å². The smallest absolute Gasteiger partial charge is 0.164 e. The van der Waals surface area contributed by atoms with Crippen LogP contribution in [-0.2, 0) is 0 Å². The van der Waals surface area contributed by atoms with E-state index in [1.165, 1.54) is 38.1 Å². The van der Waals surface area contributed by atoms with Crippen molar-refractivity contribution in [2.45, 2.75) is 0 Å². The number of rotatable bonds is 5. The number of hydrogen-bond donors (Lipinski definition) is 0. The van der Waals surface area contributed by atoms with Crippen LogP contribution in [0.15, 0.2) is 182 Å². The maximum Gasteiger partial charge on any atom is 0.164 e. The Hall–Kier alpha value is -7.04. The fraction of sp³-hybridized carbons (Fsp3) is 0. The van der Waals surface area contributed by atoms with Gasteiger partial charge in [0.15, 0.2) is 17.5 Å². The second-order valence-electron chi connectivity index (χ2n) is 13.1. The molecule has 52 heavy (non-hydrogen) atoms. The summed E-state index contributed by atoms with van der Waals surface area (Å²) in [6.07, 6.45) is 1.86. The lowest BCUT2D eigenvalue weighted by Crippen LogP contribution is -2.00. The molecule has 0 aliphatic rings. The maximum atomic E-state index is 5.13. The van der Waals surface area contributed by atoms with Gasteiger partial charge in [-0.15, -0.1) is 0 Å². The zero-order valence-electron chi connectivity index (χ0n) is 28.1. The standard InChI is InChI=1S/C48H30N4/c1-3-11-31(12-4-1)34-20-21-36-28-39(23-22-35(36)27-34)48-51-46(33-14-5-2-6-15-33)50-47(52-48)38-17-9-16-37(29-38)43-30-44-41(19-10-26-49-44)42-25-24-32-13-7-8-18-40(32)45(42)43/h1-30H. The van der Waals surface area contributed by atoms with Gasteiger partial charge in [0.05, 0.1) is 5.52 Å². The SMILES string of the molecule is c1ccc(-c2ccc3cc(-c4nc(-c5ccccc5)nc(-c5cccc(-c6cc7ncccc7c7ccc8ccccc8c67)c5)n4)ccc3c2)cc1. The van der Waals surface area contributed by atoms with Crippen molar-refractivity contribution in [1.82, 2.24) is 19.9 Å². The summed E-state index contributed by atoms with van der Waals surface area (Å²) in [5, 5.41) is 8.26. The Kier molecular flexibility index (Phi) is 7.10. The summed E-state index contributed by atoms with van der Waals surface area (Å²) in [6, 6.07) is 61.6. The van der Waals surface area contributed by atoms with Crippen LogP contribution in [0.3, 0.4) is 0 Å². The summed E-state index contributed by atoms with van der Waals surface area (Å²) in [5.74, 6) is 1.89. The summed E-state index contributed by atoms with van der Waals surface area (Å²) in [5.41, 5.74) is 8.36. The first-order valence-corrected chi connectivity index (χ1v) is 17.5. The van der Waals surface area contributed by atoms with E-state index in [1.54, 1.807) is 0 Å². The second kappa shape index (κ2) is 12.4. The molecular formula is C48H30N4. The first kappa shape index (κ1) is 29.8. The lowest BCUT2D eigenvalue weighted by molar-refractivity contribution is 1.07. The monoisotopic (exact) mass is 662 g/mol. The van der Waals surface area contributed by atoms with E-state index in [9.17, 15) is 0 Å². The summed E-state index contributed by atoms with van der Waals surface area (Å²) in [6.45, 7) is 0. The molecule has 0 unspecified atom stereocenters. The summed E-state index contributed by atoms with van der Waals surface area (Å²) in [7, 11) is 0. The molecule has 0 saturated heterocycles. The quantitative estimate of drug-likeness (QED) is 0.172. The molecule has 0 aliphatic carbocycles. The van der Waals surface area contributed by atoms with Gasteiger partial charge in [-0.25, -0.2) is 15.0 Å². The van der Waals surface area contributed by atoms with E-state index in [0.717, 1.165) is 44.1 Å². The summed E-state index contributed by atoms with van der Waals surface area (Å²) >= 11 is 0. The molecule has 0 bridgehead atoms. The lowest BCUT2D eigenvalue weighted by Gasteiger charge is -2.14. The van der Waals surface area contributed by atoms with E-state index < -0.39 is 0 Å². The summed E-state index contributed by atoms with van der Waals surface area (Å²) < 4.78 is 0. The van der Waals surface area contributed by atoms with Gasteiger partial charge in [0.1, 0.15) is 0 Å². The van der Waals surface area contributed by atoms with Crippen LogP contribution in [0.1, 0.15) is 0 Å². The fourth-order valence-electron chi connectivity index (χ4n) is 7.35. The molecule has 0 atom stereocenters. The fourth-order valence-corrected chi connectivity index (χ4v) is 7.35. The highest BCUT2D eigenvalue weighted by molar-refractivity contribution is 6.22. The third kappa shape index (κ3) is 5.26. The zero-order valence-corrected chi connectivity index (χ0v) is 28.1. The van der Waals surface area contributed by atoms with Gasteiger partial charge >= 0.3 is 0 Å². The van der Waals surface area contributed by atoms with E-state index in [4.69, 9.17) is 19.9 Å². The number of aromatic nitrogens is 4. The predicted octanol–water partition coefficient (Wildman–Crippen LogP) is 12.2. The molecule has 0 radical (unpaired) electrons. The van der Waals surface area contributed by atoms with Crippen LogP contribution in [0, 0.1) is 0 Å². The van der Waals surface area contributed by atoms with Crippen molar-refractivity contribution in [3.63, 3.8) is 0 Å². The molecule has 0 amide bonds. The Balaban J connectivity index is 1.14. The van der Waals surface area contributed by atoms with Crippen molar-refractivity contribution < 1.29 is 0 Å². The van der Waals surface area contributed by atoms with E-state index >= 15 is 0 Å². The molecule has 4 heteroatoms. The van der Waals surface area contributed by atoms with E-state index in [0.29, 0.717) is 17.5 Å². The van der Waals surface area contributed by atoms with Crippen molar-refractivity contribution in [1.29, 1.82) is 0 Å². The third-order valence-corrected chi connectivity index (χ3v) is 9.91. The molecule has 0 saturated carbocycles. The molecular weight excluding hydrogens is 633 g/mol. The molecule has 242 valence electrons. The Morgan fingerprint density at radius 2 is 0.885 bits per heavy atom. The van der Waals surface area contributed by atoms with Crippen LogP contribution >= 0.6 is 0 Å². The average molecular weight is 663 g/mol. The minimum Gasteiger partial charge on any atom is -0.256 e. The van der Waals surface area contributed by atoms with Crippen LogP contribution < -0.4 is 0 Å². The minimum atomic E-state index is 0.623. The molecule has 10 aromatic rings. The second-order valence-corrected chi connectivity index (χ2v) is 13.1. The van der Waals surface area contributed by atoms with Crippen LogP contribution in [-0.4, -0.2) is 19.9 Å². The molecule has 0 N–H and O–H groups in total. The normalized spacial score (nSPS) is 11.5. The van der Waals surface area contributed by atoms with Gasteiger partial charge in [-0.3, -0.25) is 4.98 Å². The highest BCUT2D eigenvalue weighted by atomic mass is 15.0. The number of benzene rings is 8. The first-order chi connectivity index (χ1) is 25.7. The number of pyridine rings is 1. The van der Waals surface area contributed by atoms with Gasteiger partial charge in [0, 0.05) is 28.3 Å². The molecule has 2 aromatic heterocycles. The van der Waals surface area contributed by atoms with Gasteiger partial charge in [0.2, 0.25) is 0 Å². The Bertz CT molecular complexity index is 2960. The van der Waals surface area contributed by atoms with Crippen LogP contribution in [0.4, 0.5) is 0 Å². The van der Waals surface area contributed by atoms with Crippen molar-refractivity contribution in [3.8, 4) is 56.4 Å². The number of hydrogen-bond acceptors (Lipinski definition) is 4. The maximum absolute atomic E-state index is 5.13. The van der Waals surface area contributed by atoms with Crippen LogP contribution in [0.5, 0.6) is 0 Å². The molecule has 4 nitrogen and oxygen atoms in total. The van der Waals surface area contributed by atoms with Crippen molar-refractivity contribution in [2.75, 3.05) is 0 Å². The Labute approximate surface area is 300 Å². The van der Waals surface area contributed by atoms with Crippen molar-refractivity contribution >= 4 is 43.2 Å². The predicted molar refractivity (Wildman–Crippen MR) is 215 cm³/mol. The van der Waals surface area contributed by atoms with Crippen molar-refractivity contribution in [2.24, 2.45) is 0 Å². The largest absolute Gasteiger partial charge is 0.256 e. The molecule has 8 aromatic carbocycles. The summed E-state index contributed by atoms with van der Waals surface area (Å²) in [4.78, 5) is 20.0. The molecule has 10 rings (SSSR count). The van der Waals surface area contributed by atoms with E-state index in [-0.39, 0.29) is 0 Å². The zero-order chi connectivity index (χ0) is 34.4. The van der Waals surface area contributed by atoms with Gasteiger partial charge < -0.3 is 0 Å². The molecule has 0 fully saturated rings. The molecule has 0 spiro atoms. The van der Waals surface area contributed by atoms with Crippen molar-refractivity contribution in [3.05, 3.63) is 182 Å². The lowest BCUT2D eigenvalue weighted by atomic mass is 9.91. The Morgan fingerprint density at radius 3 is 1.67 bits per heavy atom. The highest BCUT2D eigenvalue weighted by Crippen LogP contribution is 2.40. The Morgan fingerprint density at radius 1 is 0.308 bits per heavy atom. The van der Waals surface area contributed by atoms with Gasteiger partial charge in [0.25, 0.3) is 0 Å². The third-order valence-electron chi connectivity index (χ3n) is 9.91. The molecule has 0 aliphatic heterocycles. The highest BCUT2D eigenvalue weighted by Gasteiger charge is 2.16. The minimum absolute atomic E-state index is 0.623. The first-order valence-electron chi connectivity index (χ1n) is 17.5. The van der Waals surface area contributed by atoms with E-state index in [2.05, 4.69) is 133 Å². The van der Waals surface area contributed by atoms with Crippen LogP contribution in [0.2, 0.25) is 0 Å². The topological polar surface area (TPSA) is 51.6 Å². The van der Waals surface area contributed by atoms with E-state index in [1.807, 2.05) is 48.7 Å².